The van der Waals surface area contributed by atoms with Crippen molar-refractivity contribution >= 4 is 22.4 Å². The molecule has 2 heterocycles. The summed E-state index contributed by atoms with van der Waals surface area (Å²) in [4.78, 5) is 11.8. The van der Waals surface area contributed by atoms with Gasteiger partial charge in [-0.2, -0.15) is 5.10 Å². The molecule has 0 aliphatic heterocycles. The summed E-state index contributed by atoms with van der Waals surface area (Å²) in [6.07, 6.45) is 6.31. The zero-order chi connectivity index (χ0) is 13.0. The Balaban J connectivity index is 1.97. The van der Waals surface area contributed by atoms with Gasteiger partial charge in [0.25, 0.3) is 5.91 Å². The van der Waals surface area contributed by atoms with E-state index < -0.39 is 0 Å². The highest BCUT2D eigenvalue weighted by atomic mass is 32.1. The smallest absolute Gasteiger partial charge is 0.260 e. The minimum atomic E-state index is -0.207. The predicted molar refractivity (Wildman–Crippen MR) is 69.7 cm³/mol. The third-order valence-electron chi connectivity index (χ3n) is 2.40. The minimum Gasteiger partial charge on any atom is -0.296 e. The fraction of sp³-hybridized carbons (Fsp3) is 0.455. The first-order valence-corrected chi connectivity index (χ1v) is 6.63. The quantitative estimate of drug-likeness (QED) is 0.895. The lowest BCUT2D eigenvalue weighted by Gasteiger charge is -1.96. The molecule has 0 aliphatic carbocycles. The topological polar surface area (TPSA) is 72.7 Å². The van der Waals surface area contributed by atoms with Gasteiger partial charge in [-0.25, -0.2) is 0 Å². The van der Waals surface area contributed by atoms with Gasteiger partial charge in [-0.05, 0) is 6.42 Å². The standard InChI is InChI=1S/C11H15N5OS/c1-3-4-5-9-14-15-11(18-9)13-10(17)8-6-12-16(2)7-8/h6-7H,3-5H2,1-2H3,(H,13,15,17). The molecule has 18 heavy (non-hydrogen) atoms. The first-order chi connectivity index (χ1) is 8.69. The minimum absolute atomic E-state index is 0.207. The molecule has 0 fully saturated rings. The van der Waals surface area contributed by atoms with E-state index in [9.17, 15) is 4.79 Å². The maximum Gasteiger partial charge on any atom is 0.260 e. The number of carbonyl (C=O) groups is 1. The molecule has 0 atom stereocenters. The van der Waals surface area contributed by atoms with Crippen molar-refractivity contribution in [2.24, 2.45) is 7.05 Å². The van der Waals surface area contributed by atoms with Gasteiger partial charge in [-0.15, -0.1) is 10.2 Å². The van der Waals surface area contributed by atoms with Gasteiger partial charge in [0.1, 0.15) is 5.01 Å². The molecule has 2 rings (SSSR count). The van der Waals surface area contributed by atoms with Crippen molar-refractivity contribution < 1.29 is 4.79 Å². The summed E-state index contributed by atoms with van der Waals surface area (Å²) in [5.74, 6) is -0.207. The second-order valence-electron chi connectivity index (χ2n) is 3.96. The number of aryl methyl sites for hydroxylation is 2. The van der Waals surface area contributed by atoms with Gasteiger partial charge in [0.15, 0.2) is 0 Å². The van der Waals surface area contributed by atoms with Crippen molar-refractivity contribution in [3.63, 3.8) is 0 Å². The number of anilines is 1. The second kappa shape index (κ2) is 5.72. The average Bonchev–Trinajstić information content (AvgIpc) is 2.96. The average molecular weight is 265 g/mol. The number of unbranched alkanes of at least 4 members (excludes halogenated alkanes) is 1. The molecule has 96 valence electrons. The zero-order valence-corrected chi connectivity index (χ0v) is 11.2. The summed E-state index contributed by atoms with van der Waals surface area (Å²) in [7, 11) is 1.77. The maximum absolute atomic E-state index is 11.8. The van der Waals surface area contributed by atoms with E-state index in [1.165, 1.54) is 17.5 Å². The Labute approximate surface area is 109 Å². The number of nitrogens with zero attached hydrogens (tertiary/aromatic N) is 4. The zero-order valence-electron chi connectivity index (χ0n) is 10.4. The number of aromatic nitrogens is 4. The Bertz CT molecular complexity index is 533. The van der Waals surface area contributed by atoms with E-state index in [1.807, 2.05) is 0 Å². The van der Waals surface area contributed by atoms with Crippen LogP contribution in [0.2, 0.25) is 0 Å². The van der Waals surface area contributed by atoms with Crippen LogP contribution in [0.15, 0.2) is 12.4 Å². The van der Waals surface area contributed by atoms with E-state index in [2.05, 4.69) is 27.5 Å². The lowest BCUT2D eigenvalue weighted by Crippen LogP contribution is -2.10. The molecule has 1 N–H and O–H groups in total. The van der Waals surface area contributed by atoms with Crippen LogP contribution in [0.3, 0.4) is 0 Å². The van der Waals surface area contributed by atoms with Gasteiger partial charge in [0.2, 0.25) is 5.13 Å². The third-order valence-corrected chi connectivity index (χ3v) is 3.30. The summed E-state index contributed by atoms with van der Waals surface area (Å²) < 4.78 is 1.59. The van der Waals surface area contributed by atoms with Crippen LogP contribution >= 0.6 is 11.3 Å². The van der Waals surface area contributed by atoms with Crippen molar-refractivity contribution in [2.75, 3.05) is 5.32 Å². The van der Waals surface area contributed by atoms with E-state index in [0.29, 0.717) is 10.7 Å². The highest BCUT2D eigenvalue weighted by molar-refractivity contribution is 7.15. The van der Waals surface area contributed by atoms with Crippen LogP contribution in [0.25, 0.3) is 0 Å². The Morgan fingerprint density at radius 1 is 1.50 bits per heavy atom. The second-order valence-corrected chi connectivity index (χ2v) is 5.02. The summed E-state index contributed by atoms with van der Waals surface area (Å²) in [5.41, 5.74) is 0.516. The van der Waals surface area contributed by atoms with Gasteiger partial charge < -0.3 is 0 Å². The van der Waals surface area contributed by atoms with Crippen molar-refractivity contribution in [2.45, 2.75) is 26.2 Å². The van der Waals surface area contributed by atoms with Crippen LogP contribution in [-0.4, -0.2) is 25.9 Å². The highest BCUT2D eigenvalue weighted by Crippen LogP contribution is 2.17. The molecular weight excluding hydrogens is 250 g/mol. The van der Waals surface area contributed by atoms with E-state index in [1.54, 1.807) is 17.9 Å². The highest BCUT2D eigenvalue weighted by Gasteiger charge is 2.11. The largest absolute Gasteiger partial charge is 0.296 e. The monoisotopic (exact) mass is 265 g/mol. The van der Waals surface area contributed by atoms with Crippen molar-refractivity contribution in [1.82, 2.24) is 20.0 Å². The Hall–Kier alpha value is -1.76. The molecule has 0 spiro atoms. The normalized spacial score (nSPS) is 10.6. The Morgan fingerprint density at radius 3 is 3.00 bits per heavy atom. The van der Waals surface area contributed by atoms with Crippen LogP contribution < -0.4 is 5.32 Å². The lowest BCUT2D eigenvalue weighted by atomic mass is 10.3. The molecule has 0 saturated carbocycles. The van der Waals surface area contributed by atoms with E-state index >= 15 is 0 Å². The molecule has 2 aromatic rings. The van der Waals surface area contributed by atoms with Crippen LogP contribution in [0.5, 0.6) is 0 Å². The molecule has 0 saturated heterocycles. The van der Waals surface area contributed by atoms with Gasteiger partial charge in [0.05, 0.1) is 11.8 Å². The number of hydrogen-bond donors (Lipinski definition) is 1. The third kappa shape index (κ3) is 3.13. The van der Waals surface area contributed by atoms with E-state index in [-0.39, 0.29) is 5.91 Å². The van der Waals surface area contributed by atoms with Crippen molar-refractivity contribution in [1.29, 1.82) is 0 Å². The fourth-order valence-electron chi connectivity index (χ4n) is 1.44. The molecular formula is C11H15N5OS. The first-order valence-electron chi connectivity index (χ1n) is 5.81. The van der Waals surface area contributed by atoms with E-state index in [4.69, 9.17) is 0 Å². The fourth-order valence-corrected chi connectivity index (χ4v) is 2.22. The number of carbonyl (C=O) groups excluding carboxylic acids is 1. The first kappa shape index (κ1) is 12.7. The van der Waals surface area contributed by atoms with Gasteiger partial charge in [0, 0.05) is 19.7 Å². The lowest BCUT2D eigenvalue weighted by molar-refractivity contribution is 0.102. The molecule has 1 amide bonds. The Morgan fingerprint density at radius 2 is 2.33 bits per heavy atom. The summed E-state index contributed by atoms with van der Waals surface area (Å²) in [6.45, 7) is 2.13. The predicted octanol–water partition coefficient (Wildman–Crippen LogP) is 1.87. The Kier molecular flexibility index (Phi) is 4.03. The SMILES string of the molecule is CCCCc1nnc(NC(=O)c2cnn(C)c2)s1. The molecule has 0 unspecified atom stereocenters. The van der Waals surface area contributed by atoms with Crippen LogP contribution in [0.4, 0.5) is 5.13 Å². The molecule has 0 bridgehead atoms. The molecule has 6 nitrogen and oxygen atoms in total. The summed E-state index contributed by atoms with van der Waals surface area (Å²) in [5, 5.41) is 16.2. The molecule has 0 aromatic carbocycles. The van der Waals surface area contributed by atoms with Gasteiger partial charge in [-0.1, -0.05) is 24.7 Å². The van der Waals surface area contributed by atoms with Gasteiger partial charge in [-0.3, -0.25) is 14.8 Å². The summed E-state index contributed by atoms with van der Waals surface area (Å²) in [6, 6.07) is 0. The van der Waals surface area contributed by atoms with Crippen LogP contribution in [0, 0.1) is 0 Å². The van der Waals surface area contributed by atoms with Crippen molar-refractivity contribution in [3.8, 4) is 0 Å². The van der Waals surface area contributed by atoms with Crippen molar-refractivity contribution in [3.05, 3.63) is 23.0 Å². The maximum atomic E-state index is 11.8. The van der Waals surface area contributed by atoms with Gasteiger partial charge >= 0.3 is 0 Å². The molecule has 0 radical (unpaired) electrons. The number of hydrogen-bond acceptors (Lipinski definition) is 5. The van der Waals surface area contributed by atoms with E-state index in [0.717, 1.165) is 24.3 Å². The molecule has 0 aliphatic rings. The van der Waals surface area contributed by atoms with Crippen LogP contribution in [0.1, 0.15) is 35.1 Å². The molecule has 7 heteroatoms. The number of rotatable bonds is 5. The summed E-state index contributed by atoms with van der Waals surface area (Å²) >= 11 is 1.42. The van der Waals surface area contributed by atoms with Crippen LogP contribution in [-0.2, 0) is 13.5 Å². The molecule has 2 aromatic heterocycles. The number of amides is 1. The number of nitrogens with one attached hydrogen (secondary N) is 1.